The summed E-state index contributed by atoms with van der Waals surface area (Å²) in [5.74, 6) is 0.410. The van der Waals surface area contributed by atoms with Gasteiger partial charge in [0.1, 0.15) is 18.5 Å². The van der Waals surface area contributed by atoms with E-state index in [9.17, 15) is 13.2 Å². The van der Waals surface area contributed by atoms with Crippen LogP contribution < -0.4 is 4.90 Å². The predicted octanol–water partition coefficient (Wildman–Crippen LogP) is 3.14. The highest BCUT2D eigenvalue weighted by atomic mass is 127. The molecule has 0 radical (unpaired) electrons. The molecular formula is C13H13F3IN5. The largest absolute Gasteiger partial charge is 0.417 e. The molecule has 1 saturated heterocycles. The number of piperidine rings is 1. The second kappa shape index (κ2) is 6.01. The molecule has 0 saturated carbocycles. The van der Waals surface area contributed by atoms with Crippen molar-refractivity contribution in [2.75, 3.05) is 18.0 Å². The molecule has 118 valence electrons. The fourth-order valence-corrected chi connectivity index (χ4v) is 3.59. The van der Waals surface area contributed by atoms with Gasteiger partial charge in [-0.1, -0.05) is 0 Å². The zero-order chi connectivity index (χ0) is 15.7. The lowest BCUT2D eigenvalue weighted by molar-refractivity contribution is -0.138. The summed E-state index contributed by atoms with van der Waals surface area (Å²) in [5.41, 5.74) is -0.628. The monoisotopic (exact) mass is 423 g/mol. The fourth-order valence-electron chi connectivity index (χ4n) is 2.62. The van der Waals surface area contributed by atoms with Crippen molar-refractivity contribution in [1.82, 2.24) is 19.7 Å². The summed E-state index contributed by atoms with van der Waals surface area (Å²) < 4.78 is 40.9. The van der Waals surface area contributed by atoms with Gasteiger partial charge in [-0.05, 0) is 41.5 Å². The number of alkyl halides is 3. The molecule has 2 aromatic heterocycles. The molecule has 3 heterocycles. The summed E-state index contributed by atoms with van der Waals surface area (Å²) >= 11 is 1.73. The highest BCUT2D eigenvalue weighted by Gasteiger charge is 2.35. The second-order valence-corrected chi connectivity index (χ2v) is 6.17. The molecule has 5 nitrogen and oxygen atoms in total. The first-order chi connectivity index (χ1) is 10.5. The maximum absolute atomic E-state index is 13.0. The Morgan fingerprint density at radius 2 is 1.95 bits per heavy atom. The van der Waals surface area contributed by atoms with E-state index in [0.717, 1.165) is 18.9 Å². The number of nitrogens with zero attached hydrogens (tertiary/aromatic N) is 5. The minimum Gasteiger partial charge on any atom is -0.356 e. The van der Waals surface area contributed by atoms with E-state index in [-0.39, 0.29) is 9.61 Å². The molecule has 0 aliphatic carbocycles. The molecule has 0 unspecified atom stereocenters. The number of pyridine rings is 1. The minimum absolute atomic E-state index is 0.159. The first-order valence-corrected chi connectivity index (χ1v) is 7.85. The quantitative estimate of drug-likeness (QED) is 0.697. The fraction of sp³-hybridized carbons (Fsp3) is 0.462. The molecule has 22 heavy (non-hydrogen) atoms. The normalized spacial score (nSPS) is 17.0. The van der Waals surface area contributed by atoms with Gasteiger partial charge in [0.2, 0.25) is 0 Å². The van der Waals surface area contributed by atoms with Gasteiger partial charge in [-0.2, -0.15) is 18.3 Å². The number of aromatic nitrogens is 4. The zero-order valence-electron chi connectivity index (χ0n) is 11.5. The van der Waals surface area contributed by atoms with Gasteiger partial charge in [0.05, 0.1) is 15.2 Å². The Morgan fingerprint density at radius 3 is 2.55 bits per heavy atom. The third-order valence-corrected chi connectivity index (χ3v) is 4.81. The van der Waals surface area contributed by atoms with E-state index in [0.29, 0.717) is 18.9 Å². The topological polar surface area (TPSA) is 46.8 Å². The summed E-state index contributed by atoms with van der Waals surface area (Å²) in [6.07, 6.45) is 1.64. The van der Waals surface area contributed by atoms with E-state index in [1.165, 1.54) is 12.5 Å². The van der Waals surface area contributed by atoms with Crippen LogP contribution in [0.5, 0.6) is 0 Å². The second-order valence-electron chi connectivity index (χ2n) is 5.09. The average Bonchev–Trinajstić information content (AvgIpc) is 3.01. The van der Waals surface area contributed by atoms with Gasteiger partial charge in [-0.25, -0.2) is 14.6 Å². The van der Waals surface area contributed by atoms with Crippen LogP contribution in [0.25, 0.3) is 0 Å². The zero-order valence-corrected chi connectivity index (χ0v) is 13.6. The number of rotatable bonds is 2. The van der Waals surface area contributed by atoms with Gasteiger partial charge in [0.25, 0.3) is 0 Å². The molecular weight excluding hydrogens is 410 g/mol. The molecule has 1 fully saturated rings. The molecule has 9 heteroatoms. The molecule has 3 rings (SSSR count). The Hall–Kier alpha value is -1.39. The molecule has 0 bridgehead atoms. The van der Waals surface area contributed by atoms with Crippen molar-refractivity contribution < 1.29 is 13.2 Å². The summed E-state index contributed by atoms with van der Waals surface area (Å²) in [7, 11) is 0. The van der Waals surface area contributed by atoms with Crippen LogP contribution in [-0.4, -0.2) is 32.8 Å². The van der Waals surface area contributed by atoms with Crippen LogP contribution in [0.15, 0.2) is 24.9 Å². The van der Waals surface area contributed by atoms with Crippen molar-refractivity contribution in [3.05, 3.63) is 34.1 Å². The smallest absolute Gasteiger partial charge is 0.356 e. The van der Waals surface area contributed by atoms with E-state index in [1.54, 1.807) is 28.9 Å². The van der Waals surface area contributed by atoms with Gasteiger partial charge >= 0.3 is 6.18 Å². The van der Waals surface area contributed by atoms with E-state index in [4.69, 9.17) is 0 Å². The van der Waals surface area contributed by atoms with Crippen LogP contribution in [-0.2, 0) is 6.18 Å². The van der Waals surface area contributed by atoms with Crippen LogP contribution in [0.4, 0.5) is 19.0 Å². The number of halogens is 4. The lowest BCUT2D eigenvalue weighted by atomic mass is 10.1. The Bertz CT molecular complexity index is 636. The third kappa shape index (κ3) is 3.03. The lowest BCUT2D eigenvalue weighted by Gasteiger charge is -2.33. The van der Waals surface area contributed by atoms with Crippen LogP contribution >= 0.6 is 22.6 Å². The molecule has 2 aromatic rings. The van der Waals surface area contributed by atoms with Gasteiger partial charge in [-0.3, -0.25) is 0 Å². The summed E-state index contributed by atoms with van der Waals surface area (Å²) in [5, 5.41) is 4.12. The predicted molar refractivity (Wildman–Crippen MR) is 82.5 cm³/mol. The standard InChI is InChI=1S/C13H13F3IN5/c14-13(15,16)10-1-4-19-12(11(10)17)21-5-2-9(3-6-21)22-8-18-7-20-22/h1,4,7-9H,2-3,5-6H2. The van der Waals surface area contributed by atoms with Crippen molar-refractivity contribution in [2.45, 2.75) is 25.1 Å². The average molecular weight is 423 g/mol. The maximum atomic E-state index is 13.0. The number of hydrogen-bond donors (Lipinski definition) is 0. The highest BCUT2D eigenvalue weighted by Crippen LogP contribution is 2.37. The number of hydrogen-bond acceptors (Lipinski definition) is 4. The van der Waals surface area contributed by atoms with E-state index in [1.807, 2.05) is 9.58 Å². The summed E-state index contributed by atoms with van der Waals surface area (Å²) in [6, 6.07) is 1.26. The molecule has 0 N–H and O–H groups in total. The van der Waals surface area contributed by atoms with Crippen molar-refractivity contribution in [1.29, 1.82) is 0 Å². The minimum atomic E-state index is -4.35. The molecule has 0 atom stereocenters. The van der Waals surface area contributed by atoms with Crippen molar-refractivity contribution in [3.8, 4) is 0 Å². The lowest BCUT2D eigenvalue weighted by Crippen LogP contribution is -2.36. The van der Waals surface area contributed by atoms with E-state index in [2.05, 4.69) is 15.1 Å². The number of anilines is 1. The Balaban J connectivity index is 1.77. The summed E-state index contributed by atoms with van der Waals surface area (Å²) in [4.78, 5) is 9.98. The molecule has 1 aliphatic heterocycles. The Kier molecular flexibility index (Phi) is 4.24. The molecule has 0 spiro atoms. The highest BCUT2D eigenvalue weighted by molar-refractivity contribution is 14.1. The molecule has 0 aromatic carbocycles. The Labute approximate surface area is 138 Å². The first-order valence-electron chi connectivity index (χ1n) is 6.77. The van der Waals surface area contributed by atoms with Gasteiger partial charge in [0, 0.05) is 19.3 Å². The van der Waals surface area contributed by atoms with Gasteiger partial charge in [0.15, 0.2) is 0 Å². The van der Waals surface area contributed by atoms with Gasteiger partial charge < -0.3 is 4.90 Å². The van der Waals surface area contributed by atoms with Crippen LogP contribution in [0.3, 0.4) is 0 Å². The van der Waals surface area contributed by atoms with Crippen LogP contribution in [0.2, 0.25) is 0 Å². The van der Waals surface area contributed by atoms with Crippen molar-refractivity contribution >= 4 is 28.4 Å². The summed E-state index contributed by atoms with van der Waals surface area (Å²) in [6.45, 7) is 1.30. The SMILES string of the molecule is FC(F)(F)c1ccnc(N2CCC(n3cncn3)CC2)c1I. The van der Waals surface area contributed by atoms with E-state index < -0.39 is 11.7 Å². The third-order valence-electron chi connectivity index (χ3n) is 3.75. The van der Waals surface area contributed by atoms with Crippen molar-refractivity contribution in [2.24, 2.45) is 0 Å². The Morgan fingerprint density at radius 1 is 1.23 bits per heavy atom. The molecule has 0 amide bonds. The van der Waals surface area contributed by atoms with Crippen molar-refractivity contribution in [3.63, 3.8) is 0 Å². The first kappa shape index (κ1) is 15.5. The maximum Gasteiger partial charge on any atom is 0.417 e. The molecule has 1 aliphatic rings. The van der Waals surface area contributed by atoms with Gasteiger partial charge in [-0.15, -0.1) is 0 Å². The van der Waals surface area contributed by atoms with Crippen LogP contribution in [0.1, 0.15) is 24.4 Å². The van der Waals surface area contributed by atoms with Crippen LogP contribution in [0, 0.1) is 3.57 Å². The van der Waals surface area contributed by atoms with E-state index >= 15 is 0 Å².